The molecule has 5 nitrogen and oxygen atoms in total. The van der Waals surface area contributed by atoms with Crippen LogP contribution >= 0.6 is 22.9 Å². The topological polar surface area (TPSA) is 45.7 Å². The third-order valence-electron chi connectivity index (χ3n) is 8.13. The summed E-state index contributed by atoms with van der Waals surface area (Å²) in [6.07, 6.45) is 6.64. The Bertz CT molecular complexity index is 1570. The number of nitrogens with zero attached hydrogens (tertiary/aromatic N) is 3. The highest BCUT2D eigenvalue weighted by atomic mass is 35.5. The van der Waals surface area contributed by atoms with Crippen LogP contribution in [0, 0.1) is 17.6 Å². The molecule has 1 fully saturated rings. The number of anilines is 1. The fourth-order valence-electron chi connectivity index (χ4n) is 5.71. The van der Waals surface area contributed by atoms with Gasteiger partial charge in [0.05, 0.1) is 22.2 Å². The maximum atomic E-state index is 14.7. The molecule has 41 heavy (non-hydrogen) atoms. The molecule has 1 aliphatic carbocycles. The molecular weight excluding hydrogens is 564 g/mol. The first-order valence-electron chi connectivity index (χ1n) is 13.9. The van der Waals surface area contributed by atoms with E-state index >= 15 is 0 Å². The van der Waals surface area contributed by atoms with Gasteiger partial charge in [0.1, 0.15) is 28.1 Å². The third kappa shape index (κ3) is 5.90. The van der Waals surface area contributed by atoms with Crippen LogP contribution in [0.5, 0.6) is 5.75 Å². The van der Waals surface area contributed by atoms with Gasteiger partial charge >= 0.3 is 0 Å². The Morgan fingerprint density at radius 3 is 2.41 bits per heavy atom. The van der Waals surface area contributed by atoms with Gasteiger partial charge in [-0.2, -0.15) is 0 Å². The van der Waals surface area contributed by atoms with Gasteiger partial charge in [0.25, 0.3) is 5.91 Å². The fraction of sp³-hybridized carbons (Fsp3) is 0.375. The van der Waals surface area contributed by atoms with Crippen molar-refractivity contribution < 1.29 is 18.3 Å². The summed E-state index contributed by atoms with van der Waals surface area (Å²) in [5, 5.41) is -0.0726. The summed E-state index contributed by atoms with van der Waals surface area (Å²) in [4.78, 5) is 22.6. The number of halogens is 3. The van der Waals surface area contributed by atoms with Crippen LogP contribution in [0.4, 0.5) is 14.6 Å². The van der Waals surface area contributed by atoms with Crippen molar-refractivity contribution in [2.75, 3.05) is 26.1 Å². The van der Waals surface area contributed by atoms with Gasteiger partial charge in [-0.05, 0) is 79.1 Å². The number of carbonyl (C=O) groups excluding carboxylic acids is 1. The van der Waals surface area contributed by atoms with Crippen LogP contribution in [0.1, 0.15) is 54.3 Å². The van der Waals surface area contributed by atoms with Crippen LogP contribution in [0.2, 0.25) is 5.02 Å². The van der Waals surface area contributed by atoms with Crippen LogP contribution in [-0.4, -0.2) is 43.0 Å². The number of pyridine rings is 1. The first-order chi connectivity index (χ1) is 19.7. The van der Waals surface area contributed by atoms with E-state index in [2.05, 4.69) is 11.9 Å². The highest BCUT2D eigenvalue weighted by molar-refractivity contribution is 7.21. The number of ether oxygens (including phenoxy) is 1. The van der Waals surface area contributed by atoms with Gasteiger partial charge in [0, 0.05) is 38.4 Å². The Hall–Kier alpha value is -3.23. The number of thiophene rings is 1. The molecule has 0 atom stereocenters. The highest BCUT2D eigenvalue weighted by Gasteiger charge is 2.33. The van der Waals surface area contributed by atoms with Crippen LogP contribution in [-0.2, 0) is 6.54 Å². The molecule has 2 aromatic carbocycles. The second-order valence-corrected chi connectivity index (χ2v) is 12.2. The number of amides is 1. The van der Waals surface area contributed by atoms with Gasteiger partial charge in [0.2, 0.25) is 0 Å². The predicted molar refractivity (Wildman–Crippen MR) is 163 cm³/mol. The summed E-state index contributed by atoms with van der Waals surface area (Å²) in [5.41, 5.74) is 2.80. The SMILES string of the molecule is CC[C@H]1CC[C@H](N(Cc2cc(-c3ccnc(N(C)C)c3)ccc2OC)C(=O)c2sc3c(F)ccc(F)c3c2Cl)CC1. The molecule has 1 saturated carbocycles. The number of rotatable bonds is 8. The van der Waals surface area contributed by atoms with E-state index in [9.17, 15) is 13.6 Å². The summed E-state index contributed by atoms with van der Waals surface area (Å²) in [6, 6.07) is 12.0. The predicted octanol–water partition coefficient (Wildman–Crippen LogP) is 8.58. The lowest BCUT2D eigenvalue weighted by molar-refractivity contribution is 0.0591. The summed E-state index contributed by atoms with van der Waals surface area (Å²) < 4.78 is 35.1. The first-order valence-corrected chi connectivity index (χ1v) is 15.1. The Labute approximate surface area is 248 Å². The van der Waals surface area contributed by atoms with E-state index in [1.165, 1.54) is 0 Å². The van der Waals surface area contributed by atoms with E-state index in [0.717, 1.165) is 78.1 Å². The summed E-state index contributed by atoms with van der Waals surface area (Å²) in [7, 11) is 5.50. The van der Waals surface area contributed by atoms with Gasteiger partial charge in [-0.1, -0.05) is 31.0 Å². The highest BCUT2D eigenvalue weighted by Crippen LogP contribution is 2.41. The fourth-order valence-corrected chi connectivity index (χ4v) is 7.21. The smallest absolute Gasteiger partial charge is 0.266 e. The molecule has 0 radical (unpaired) electrons. The molecule has 9 heteroatoms. The normalized spacial score (nSPS) is 17.0. The molecule has 0 unspecified atom stereocenters. The molecular formula is C32H34ClF2N3O2S. The minimum Gasteiger partial charge on any atom is -0.496 e. The molecule has 216 valence electrons. The molecule has 0 spiro atoms. The molecule has 1 aliphatic rings. The number of fused-ring (bicyclic) bond motifs is 1. The number of aromatic nitrogens is 1. The maximum Gasteiger partial charge on any atom is 0.266 e. The van der Waals surface area contributed by atoms with Crippen molar-refractivity contribution in [1.29, 1.82) is 0 Å². The lowest BCUT2D eigenvalue weighted by Crippen LogP contribution is -2.41. The van der Waals surface area contributed by atoms with Gasteiger partial charge < -0.3 is 14.5 Å². The number of methoxy groups -OCH3 is 1. The molecule has 4 aromatic rings. The van der Waals surface area contributed by atoms with Crippen LogP contribution in [0.15, 0.2) is 48.7 Å². The number of carbonyl (C=O) groups is 1. The molecule has 0 bridgehead atoms. The molecule has 5 rings (SSSR count). The second kappa shape index (κ2) is 12.3. The van der Waals surface area contributed by atoms with Gasteiger partial charge in [-0.15, -0.1) is 11.3 Å². The first kappa shape index (κ1) is 29.3. The quantitative estimate of drug-likeness (QED) is 0.204. The zero-order chi connectivity index (χ0) is 29.3. The lowest BCUT2D eigenvalue weighted by Gasteiger charge is -2.37. The van der Waals surface area contributed by atoms with Crippen LogP contribution < -0.4 is 9.64 Å². The van der Waals surface area contributed by atoms with Crippen LogP contribution in [0.25, 0.3) is 21.2 Å². The van der Waals surface area contributed by atoms with Crippen LogP contribution in [0.3, 0.4) is 0 Å². The van der Waals surface area contributed by atoms with Crippen molar-refractivity contribution in [1.82, 2.24) is 9.88 Å². The standard InChI is InChI=1S/C32H34ClF2N3O2S/c1-5-19-6-9-23(10-7-19)38(32(39)31-29(33)28-24(34)11-12-25(35)30(28)41-31)18-22-16-20(8-13-26(22)40-4)21-14-15-36-27(17-21)37(2)3/h8,11-17,19,23H,5-7,9-10,18H2,1-4H3/t19-,23-. The van der Waals surface area contributed by atoms with Gasteiger partial charge in [0.15, 0.2) is 0 Å². The summed E-state index contributed by atoms with van der Waals surface area (Å²) >= 11 is 7.50. The zero-order valence-electron chi connectivity index (χ0n) is 23.7. The average molecular weight is 598 g/mol. The third-order valence-corrected chi connectivity index (χ3v) is 9.81. The van der Waals surface area contributed by atoms with E-state index in [0.29, 0.717) is 11.7 Å². The monoisotopic (exact) mass is 597 g/mol. The number of hydrogen-bond donors (Lipinski definition) is 0. The minimum absolute atomic E-state index is 0.0316. The van der Waals surface area contributed by atoms with Crippen molar-refractivity contribution in [2.45, 2.75) is 51.6 Å². The summed E-state index contributed by atoms with van der Waals surface area (Å²) in [5.74, 6) is 0.584. The van der Waals surface area contributed by atoms with E-state index < -0.39 is 11.6 Å². The van der Waals surface area contributed by atoms with E-state index in [1.54, 1.807) is 13.3 Å². The molecule has 0 saturated heterocycles. The summed E-state index contributed by atoms with van der Waals surface area (Å²) in [6.45, 7) is 2.48. The van der Waals surface area contributed by atoms with E-state index in [4.69, 9.17) is 16.3 Å². The zero-order valence-corrected chi connectivity index (χ0v) is 25.3. The Morgan fingerprint density at radius 1 is 1.05 bits per heavy atom. The van der Waals surface area contributed by atoms with E-state index in [-0.39, 0.29) is 38.5 Å². The van der Waals surface area contributed by atoms with Crippen molar-refractivity contribution in [3.8, 4) is 16.9 Å². The Balaban J connectivity index is 1.56. The van der Waals surface area contributed by atoms with Gasteiger partial charge in [-0.25, -0.2) is 13.8 Å². The van der Waals surface area contributed by atoms with Gasteiger partial charge in [-0.3, -0.25) is 4.79 Å². The minimum atomic E-state index is -0.638. The molecule has 1 amide bonds. The lowest BCUT2D eigenvalue weighted by atomic mass is 9.83. The van der Waals surface area contributed by atoms with Crippen molar-refractivity contribution >= 4 is 44.7 Å². The Kier molecular flexibility index (Phi) is 8.80. The Morgan fingerprint density at radius 2 is 1.76 bits per heavy atom. The molecule has 2 aromatic heterocycles. The largest absolute Gasteiger partial charge is 0.496 e. The molecule has 2 heterocycles. The van der Waals surface area contributed by atoms with Crippen molar-refractivity contribution in [3.63, 3.8) is 0 Å². The molecule has 0 N–H and O–H groups in total. The second-order valence-electron chi connectivity index (χ2n) is 10.8. The van der Waals surface area contributed by atoms with E-state index in [1.807, 2.05) is 54.2 Å². The van der Waals surface area contributed by atoms with Crippen molar-refractivity contribution in [3.05, 3.63) is 75.8 Å². The van der Waals surface area contributed by atoms with Crippen molar-refractivity contribution in [2.24, 2.45) is 5.92 Å². The maximum absolute atomic E-state index is 14.7. The average Bonchev–Trinajstić information content (AvgIpc) is 3.35. The number of benzene rings is 2. The molecule has 0 aliphatic heterocycles. The number of hydrogen-bond acceptors (Lipinski definition) is 5.